The lowest BCUT2D eigenvalue weighted by atomic mass is 9.68. The summed E-state index contributed by atoms with van der Waals surface area (Å²) in [7, 11) is 0. The van der Waals surface area contributed by atoms with Gasteiger partial charge in [-0.2, -0.15) is 0 Å². The lowest BCUT2D eigenvalue weighted by Gasteiger charge is -2.49. The minimum Gasteiger partial charge on any atom is -0.508 e. The average molecular weight is 258 g/mol. The molecule has 1 fully saturated rings. The summed E-state index contributed by atoms with van der Waals surface area (Å²) in [4.78, 5) is 0. The second-order valence-electron chi connectivity index (χ2n) is 6.42. The molecule has 0 spiro atoms. The zero-order chi connectivity index (χ0) is 13.6. The highest BCUT2D eigenvalue weighted by Gasteiger charge is 2.45. The van der Waals surface area contributed by atoms with Crippen molar-refractivity contribution in [3.05, 3.63) is 41.5 Å². The third-order valence-electron chi connectivity index (χ3n) is 4.87. The third kappa shape index (κ3) is 2.08. The Bertz CT molecular complexity index is 516. The molecular formula is C17H22O2. The molecule has 1 N–H and O–H groups in total. The van der Waals surface area contributed by atoms with Crippen LogP contribution in [0.15, 0.2) is 35.9 Å². The number of ether oxygens (including phenoxy) is 1. The van der Waals surface area contributed by atoms with Gasteiger partial charge in [-0.05, 0) is 45.6 Å². The molecule has 2 bridgehead atoms. The fraction of sp³-hybridized carbons (Fsp3) is 0.529. The predicted molar refractivity (Wildman–Crippen MR) is 76.0 cm³/mol. The highest BCUT2D eigenvalue weighted by atomic mass is 16.5. The lowest BCUT2D eigenvalue weighted by Crippen LogP contribution is -2.45. The van der Waals surface area contributed by atoms with Crippen LogP contribution in [0.3, 0.4) is 0 Å². The summed E-state index contributed by atoms with van der Waals surface area (Å²) in [6.45, 7) is 6.54. The zero-order valence-corrected chi connectivity index (χ0v) is 11.9. The molecule has 1 aliphatic carbocycles. The number of rotatable bonds is 1. The predicted octanol–water partition coefficient (Wildman–Crippen LogP) is 4.21. The number of allylic oxidation sites excluding steroid dienone is 1. The van der Waals surface area contributed by atoms with Gasteiger partial charge in [-0.1, -0.05) is 29.8 Å². The van der Waals surface area contributed by atoms with Gasteiger partial charge < -0.3 is 9.84 Å². The average Bonchev–Trinajstić information content (AvgIpc) is 2.37. The number of aromatic hydroxyl groups is 1. The number of phenolic OH excluding ortho intramolecular Hbond substituents is 1. The van der Waals surface area contributed by atoms with Crippen LogP contribution in [0.1, 0.15) is 45.3 Å². The van der Waals surface area contributed by atoms with Crippen molar-refractivity contribution in [1.82, 2.24) is 0 Å². The Morgan fingerprint density at radius 1 is 1.26 bits per heavy atom. The van der Waals surface area contributed by atoms with Gasteiger partial charge in [0, 0.05) is 11.5 Å². The van der Waals surface area contributed by atoms with Gasteiger partial charge in [-0.3, -0.25) is 0 Å². The smallest absolute Gasteiger partial charge is 0.121 e. The normalized spacial score (nSPS) is 32.8. The van der Waals surface area contributed by atoms with E-state index in [9.17, 15) is 5.11 Å². The monoisotopic (exact) mass is 258 g/mol. The van der Waals surface area contributed by atoms with E-state index < -0.39 is 0 Å². The molecule has 102 valence electrons. The summed E-state index contributed by atoms with van der Waals surface area (Å²) in [5.41, 5.74) is 2.20. The number of fused-ring (bicyclic) bond motifs is 2. The second kappa shape index (κ2) is 4.38. The highest BCUT2D eigenvalue weighted by molar-refractivity contribution is 5.36. The summed E-state index contributed by atoms with van der Waals surface area (Å²) in [6.07, 6.45) is 4.61. The molecule has 2 nitrogen and oxygen atoms in total. The molecule has 2 heteroatoms. The Morgan fingerprint density at radius 3 is 2.74 bits per heavy atom. The molecule has 19 heavy (non-hydrogen) atoms. The zero-order valence-electron chi connectivity index (χ0n) is 11.9. The maximum Gasteiger partial charge on any atom is 0.121 e. The van der Waals surface area contributed by atoms with E-state index in [4.69, 9.17) is 4.74 Å². The van der Waals surface area contributed by atoms with Gasteiger partial charge in [0.1, 0.15) is 5.75 Å². The van der Waals surface area contributed by atoms with Crippen molar-refractivity contribution >= 4 is 0 Å². The molecule has 0 radical (unpaired) electrons. The number of hydrogen-bond acceptors (Lipinski definition) is 2. The molecule has 1 aromatic carbocycles. The van der Waals surface area contributed by atoms with E-state index in [1.165, 1.54) is 5.57 Å². The van der Waals surface area contributed by atoms with E-state index in [0.717, 1.165) is 18.4 Å². The van der Waals surface area contributed by atoms with E-state index in [1.54, 1.807) is 6.07 Å². The summed E-state index contributed by atoms with van der Waals surface area (Å²) in [5, 5.41) is 10.1. The van der Waals surface area contributed by atoms with Gasteiger partial charge in [0.25, 0.3) is 0 Å². The van der Waals surface area contributed by atoms with Crippen molar-refractivity contribution in [1.29, 1.82) is 0 Å². The molecular weight excluding hydrogens is 236 g/mol. The maximum atomic E-state index is 10.1. The maximum absolute atomic E-state index is 10.1. The van der Waals surface area contributed by atoms with Crippen LogP contribution in [-0.4, -0.2) is 10.7 Å². The van der Waals surface area contributed by atoms with Crippen molar-refractivity contribution in [2.24, 2.45) is 11.8 Å². The summed E-state index contributed by atoms with van der Waals surface area (Å²) in [6, 6.07) is 7.57. The Kier molecular flexibility index (Phi) is 2.94. The van der Waals surface area contributed by atoms with Crippen molar-refractivity contribution in [3.63, 3.8) is 0 Å². The third-order valence-corrected chi connectivity index (χ3v) is 4.87. The van der Waals surface area contributed by atoms with Crippen molar-refractivity contribution < 1.29 is 9.84 Å². The van der Waals surface area contributed by atoms with Crippen LogP contribution in [0.4, 0.5) is 0 Å². The second-order valence-corrected chi connectivity index (χ2v) is 6.42. The fourth-order valence-corrected chi connectivity index (χ4v) is 3.51. The topological polar surface area (TPSA) is 29.5 Å². The standard InChI is InChI=1S/C17H22O2/c1-11-8-9-12-10-14(11)16(19-17(12,2)3)13-6-4-5-7-15(13)18/h4-8,12,14,16,18H,9-10H2,1-3H3/t12-,14+,16+/m1/s1. The number of benzene rings is 1. The first-order valence-electron chi connectivity index (χ1n) is 7.11. The van der Waals surface area contributed by atoms with Crippen LogP contribution in [0.25, 0.3) is 0 Å². The first-order chi connectivity index (χ1) is 8.99. The van der Waals surface area contributed by atoms with E-state index in [-0.39, 0.29) is 11.7 Å². The molecule has 0 amide bonds. The van der Waals surface area contributed by atoms with Gasteiger partial charge in [0.2, 0.25) is 0 Å². The van der Waals surface area contributed by atoms with Crippen LogP contribution < -0.4 is 0 Å². The van der Waals surface area contributed by atoms with Crippen LogP contribution in [0.5, 0.6) is 5.75 Å². The number of phenols is 1. The van der Waals surface area contributed by atoms with E-state index in [0.29, 0.717) is 17.6 Å². The molecule has 1 aromatic rings. The minimum atomic E-state index is -0.124. The molecule has 0 unspecified atom stereocenters. The van der Waals surface area contributed by atoms with E-state index in [1.807, 2.05) is 18.2 Å². The number of para-hydroxylation sites is 1. The summed E-state index contributed by atoms with van der Waals surface area (Å²) < 4.78 is 6.38. The van der Waals surface area contributed by atoms with Gasteiger partial charge in [-0.25, -0.2) is 0 Å². The molecule has 1 saturated heterocycles. The molecule has 3 rings (SSSR count). The molecule has 1 heterocycles. The lowest BCUT2D eigenvalue weighted by molar-refractivity contribution is -0.167. The Labute approximate surface area is 115 Å². The molecule has 0 aromatic heterocycles. The largest absolute Gasteiger partial charge is 0.508 e. The fourth-order valence-electron chi connectivity index (χ4n) is 3.51. The number of hydrogen-bond donors (Lipinski definition) is 1. The van der Waals surface area contributed by atoms with Crippen LogP contribution in [-0.2, 0) is 4.74 Å². The van der Waals surface area contributed by atoms with Gasteiger partial charge >= 0.3 is 0 Å². The summed E-state index contributed by atoms with van der Waals surface area (Å²) >= 11 is 0. The highest BCUT2D eigenvalue weighted by Crippen LogP contribution is 2.52. The van der Waals surface area contributed by atoms with Crippen LogP contribution in [0, 0.1) is 11.8 Å². The molecule has 1 aliphatic heterocycles. The van der Waals surface area contributed by atoms with E-state index in [2.05, 4.69) is 26.8 Å². The van der Waals surface area contributed by atoms with Crippen LogP contribution in [0.2, 0.25) is 0 Å². The molecule has 3 atom stereocenters. The van der Waals surface area contributed by atoms with Crippen molar-refractivity contribution in [2.45, 2.75) is 45.3 Å². The molecule has 2 aliphatic rings. The van der Waals surface area contributed by atoms with Gasteiger partial charge in [0.05, 0.1) is 11.7 Å². The van der Waals surface area contributed by atoms with Crippen molar-refractivity contribution in [2.75, 3.05) is 0 Å². The summed E-state index contributed by atoms with van der Waals surface area (Å²) in [5.74, 6) is 1.34. The van der Waals surface area contributed by atoms with E-state index >= 15 is 0 Å². The SMILES string of the molecule is CC1=CC[C@@H]2C[C@@H]1[C@H](c1ccccc1O)OC2(C)C. The van der Waals surface area contributed by atoms with Gasteiger partial charge in [0.15, 0.2) is 0 Å². The Morgan fingerprint density at radius 2 is 2.00 bits per heavy atom. The van der Waals surface area contributed by atoms with Gasteiger partial charge in [-0.15, -0.1) is 0 Å². The minimum absolute atomic E-state index is 0.0241. The Hall–Kier alpha value is -1.28. The molecule has 0 saturated carbocycles. The first-order valence-corrected chi connectivity index (χ1v) is 7.11. The van der Waals surface area contributed by atoms with Crippen molar-refractivity contribution in [3.8, 4) is 5.75 Å². The first kappa shape index (κ1) is 12.7. The van der Waals surface area contributed by atoms with Crippen LogP contribution >= 0.6 is 0 Å². The Balaban J connectivity index is 2.03. The quantitative estimate of drug-likeness (QED) is 0.764.